The van der Waals surface area contributed by atoms with Crippen LogP contribution >= 0.6 is 23.2 Å². The summed E-state index contributed by atoms with van der Waals surface area (Å²) in [5.74, 6) is 0.168. The number of phenolic OH excluding ortho intramolecular Hbond substituents is 2. The van der Waals surface area contributed by atoms with E-state index in [2.05, 4.69) is 10.3 Å². The highest BCUT2D eigenvalue weighted by Crippen LogP contribution is 2.33. The van der Waals surface area contributed by atoms with Gasteiger partial charge in [-0.2, -0.15) is 0 Å². The molecule has 0 heterocycles. The highest BCUT2D eigenvalue weighted by atomic mass is 35.5. The van der Waals surface area contributed by atoms with E-state index in [1.165, 1.54) is 18.3 Å². The summed E-state index contributed by atoms with van der Waals surface area (Å²) in [6, 6.07) is 16.8. The van der Waals surface area contributed by atoms with E-state index in [4.69, 9.17) is 23.2 Å². The first-order valence-corrected chi connectivity index (χ1v) is 8.16. The molecule has 0 saturated heterocycles. The molecule has 0 aliphatic rings. The van der Waals surface area contributed by atoms with Gasteiger partial charge in [-0.25, -0.2) is 0 Å². The molecule has 4 nitrogen and oxygen atoms in total. The third kappa shape index (κ3) is 4.24. The predicted octanol–water partition coefficient (Wildman–Crippen LogP) is 5.90. The number of anilines is 2. The number of nitrogens with one attached hydrogen (secondary N) is 1. The summed E-state index contributed by atoms with van der Waals surface area (Å²) < 4.78 is 0. The second kappa shape index (κ2) is 7.47. The van der Waals surface area contributed by atoms with Crippen LogP contribution < -0.4 is 5.32 Å². The number of aliphatic imine (C=N–C) groups is 1. The van der Waals surface area contributed by atoms with Gasteiger partial charge in [0.15, 0.2) is 0 Å². The number of halogens is 2. The molecule has 0 atom stereocenters. The van der Waals surface area contributed by atoms with Crippen LogP contribution in [-0.4, -0.2) is 16.4 Å². The van der Waals surface area contributed by atoms with Crippen LogP contribution in [0.5, 0.6) is 11.5 Å². The minimum atomic E-state index is 0.0793. The summed E-state index contributed by atoms with van der Waals surface area (Å²) in [7, 11) is 0. The van der Waals surface area contributed by atoms with E-state index in [1.54, 1.807) is 24.3 Å². The molecule has 3 rings (SSSR count). The molecule has 0 aliphatic heterocycles. The Balaban J connectivity index is 1.92. The molecule has 0 unspecified atom stereocenters. The van der Waals surface area contributed by atoms with E-state index in [1.807, 2.05) is 24.3 Å². The summed E-state index contributed by atoms with van der Waals surface area (Å²) in [5.41, 5.74) is 2.28. The first-order valence-electron chi connectivity index (χ1n) is 7.40. The van der Waals surface area contributed by atoms with Gasteiger partial charge in [-0.05, 0) is 48.5 Å². The molecule has 0 saturated carbocycles. The molecule has 0 amide bonds. The summed E-state index contributed by atoms with van der Waals surface area (Å²) >= 11 is 11.9. The maximum atomic E-state index is 9.95. The number of rotatable bonds is 4. The van der Waals surface area contributed by atoms with Gasteiger partial charge in [-0.1, -0.05) is 35.3 Å². The van der Waals surface area contributed by atoms with E-state index in [-0.39, 0.29) is 11.5 Å². The number of nitrogens with zero attached hydrogens (tertiary/aromatic N) is 1. The Labute approximate surface area is 155 Å². The molecule has 126 valence electrons. The molecule has 0 spiro atoms. The largest absolute Gasteiger partial charge is 0.507 e. The van der Waals surface area contributed by atoms with Crippen molar-refractivity contribution in [2.75, 3.05) is 5.32 Å². The van der Waals surface area contributed by atoms with E-state index in [0.717, 1.165) is 0 Å². The highest BCUT2D eigenvalue weighted by Gasteiger charge is 2.06. The van der Waals surface area contributed by atoms with Crippen LogP contribution in [0.3, 0.4) is 0 Å². The van der Waals surface area contributed by atoms with E-state index < -0.39 is 0 Å². The summed E-state index contributed by atoms with van der Waals surface area (Å²) in [6.45, 7) is 0. The number of aromatic hydroxyl groups is 2. The highest BCUT2D eigenvalue weighted by molar-refractivity contribution is 6.31. The first kappa shape index (κ1) is 17.1. The predicted molar refractivity (Wildman–Crippen MR) is 103 cm³/mol. The summed E-state index contributed by atoms with van der Waals surface area (Å²) in [6.07, 6.45) is 1.53. The lowest BCUT2D eigenvalue weighted by Gasteiger charge is -2.11. The Morgan fingerprint density at radius 3 is 2.28 bits per heavy atom. The van der Waals surface area contributed by atoms with Crippen molar-refractivity contribution in [2.24, 2.45) is 4.99 Å². The van der Waals surface area contributed by atoms with Gasteiger partial charge in [0.05, 0.1) is 17.1 Å². The van der Waals surface area contributed by atoms with Crippen molar-refractivity contribution in [3.63, 3.8) is 0 Å². The lowest BCUT2D eigenvalue weighted by Crippen LogP contribution is -1.91. The third-order valence-electron chi connectivity index (χ3n) is 3.46. The molecule has 3 aromatic rings. The molecule has 3 N–H and O–H groups in total. The average molecular weight is 373 g/mol. The van der Waals surface area contributed by atoms with Crippen LogP contribution in [0.25, 0.3) is 0 Å². The Bertz CT molecular complexity index is 942. The van der Waals surface area contributed by atoms with Gasteiger partial charge in [0, 0.05) is 21.8 Å². The fraction of sp³-hybridized carbons (Fsp3) is 0. The van der Waals surface area contributed by atoms with E-state index in [0.29, 0.717) is 32.7 Å². The van der Waals surface area contributed by atoms with Gasteiger partial charge in [0.25, 0.3) is 0 Å². The van der Waals surface area contributed by atoms with E-state index >= 15 is 0 Å². The van der Waals surface area contributed by atoms with Crippen molar-refractivity contribution in [1.29, 1.82) is 0 Å². The zero-order valence-corrected chi connectivity index (χ0v) is 14.5. The number of phenols is 2. The Hall–Kier alpha value is -2.69. The molecule has 0 aromatic heterocycles. The van der Waals surface area contributed by atoms with Gasteiger partial charge in [0.2, 0.25) is 0 Å². The fourth-order valence-electron chi connectivity index (χ4n) is 2.21. The summed E-state index contributed by atoms with van der Waals surface area (Å²) in [5, 5.41) is 23.9. The van der Waals surface area contributed by atoms with Crippen LogP contribution in [0, 0.1) is 0 Å². The van der Waals surface area contributed by atoms with Crippen molar-refractivity contribution in [3.8, 4) is 11.5 Å². The SMILES string of the molecule is Oc1ccc(Cl)cc1C=Nc1ccccc1Nc1cc(Cl)ccc1O. The van der Waals surface area contributed by atoms with Gasteiger partial charge in [-0.15, -0.1) is 0 Å². The Kier molecular flexibility index (Phi) is 5.12. The number of hydrogen-bond donors (Lipinski definition) is 3. The second-order valence-corrected chi connectivity index (χ2v) is 6.14. The molecule has 6 heteroatoms. The summed E-state index contributed by atoms with van der Waals surface area (Å²) in [4.78, 5) is 4.41. The molecular weight excluding hydrogens is 359 g/mol. The van der Waals surface area contributed by atoms with Crippen LogP contribution in [0.2, 0.25) is 10.0 Å². The van der Waals surface area contributed by atoms with Crippen LogP contribution in [0.1, 0.15) is 5.56 Å². The van der Waals surface area contributed by atoms with Crippen molar-refractivity contribution >= 4 is 46.5 Å². The van der Waals surface area contributed by atoms with Crippen molar-refractivity contribution < 1.29 is 10.2 Å². The topological polar surface area (TPSA) is 64.9 Å². The zero-order valence-electron chi connectivity index (χ0n) is 12.9. The standard InChI is InChI=1S/C19H14Cl2N2O2/c20-13-5-7-18(24)12(9-13)11-22-15-3-1-2-4-16(15)23-17-10-14(21)6-8-19(17)25/h1-11,23-25H. The van der Waals surface area contributed by atoms with Crippen molar-refractivity contribution in [2.45, 2.75) is 0 Å². The minimum absolute atomic E-state index is 0.0793. The third-order valence-corrected chi connectivity index (χ3v) is 3.93. The van der Waals surface area contributed by atoms with Crippen LogP contribution in [0.15, 0.2) is 65.7 Å². The number of para-hydroxylation sites is 2. The maximum absolute atomic E-state index is 9.95. The molecule has 0 aliphatic carbocycles. The lowest BCUT2D eigenvalue weighted by molar-refractivity contribution is 0.474. The van der Waals surface area contributed by atoms with Gasteiger partial charge >= 0.3 is 0 Å². The van der Waals surface area contributed by atoms with Crippen molar-refractivity contribution in [3.05, 3.63) is 76.3 Å². The maximum Gasteiger partial charge on any atom is 0.139 e. The normalized spacial score (nSPS) is 11.0. The van der Waals surface area contributed by atoms with Crippen LogP contribution in [0.4, 0.5) is 17.1 Å². The second-order valence-electron chi connectivity index (χ2n) is 5.26. The fourth-order valence-corrected chi connectivity index (χ4v) is 2.57. The van der Waals surface area contributed by atoms with Gasteiger partial charge in [0.1, 0.15) is 11.5 Å². The number of hydrogen-bond acceptors (Lipinski definition) is 4. The van der Waals surface area contributed by atoms with Crippen LogP contribution in [-0.2, 0) is 0 Å². The van der Waals surface area contributed by atoms with Gasteiger partial charge in [-0.3, -0.25) is 4.99 Å². The van der Waals surface area contributed by atoms with Crippen molar-refractivity contribution in [1.82, 2.24) is 0 Å². The number of benzene rings is 3. The average Bonchev–Trinajstić information content (AvgIpc) is 2.60. The minimum Gasteiger partial charge on any atom is -0.507 e. The lowest BCUT2D eigenvalue weighted by atomic mass is 10.2. The molecule has 3 aromatic carbocycles. The Morgan fingerprint density at radius 1 is 0.800 bits per heavy atom. The van der Waals surface area contributed by atoms with Gasteiger partial charge < -0.3 is 15.5 Å². The zero-order chi connectivity index (χ0) is 17.8. The smallest absolute Gasteiger partial charge is 0.139 e. The van der Waals surface area contributed by atoms with E-state index in [9.17, 15) is 10.2 Å². The Morgan fingerprint density at radius 2 is 1.48 bits per heavy atom. The molecule has 0 fully saturated rings. The molecule has 25 heavy (non-hydrogen) atoms. The molecular formula is C19H14Cl2N2O2. The monoisotopic (exact) mass is 372 g/mol. The quantitative estimate of drug-likeness (QED) is 0.394. The molecule has 0 radical (unpaired) electrons. The first-order chi connectivity index (χ1) is 12.0. The molecule has 0 bridgehead atoms.